The van der Waals surface area contributed by atoms with Crippen molar-refractivity contribution >= 4 is 0 Å². The molecule has 4 aliphatic rings. The molecular weight excluding hydrogens is 232 g/mol. The quantitative estimate of drug-likeness (QED) is 0.662. The molecule has 2 bridgehead atoms. The Labute approximate surface area is 115 Å². The minimum Gasteiger partial charge on any atom is -0.337 e. The molecule has 98 valence electrons. The lowest BCUT2D eigenvalue weighted by molar-refractivity contribution is 0.245. The molecule has 0 aliphatic carbocycles. The van der Waals surface area contributed by atoms with Crippen molar-refractivity contribution in [2.45, 2.75) is 37.4 Å². The summed E-state index contributed by atoms with van der Waals surface area (Å²) in [5.41, 5.74) is 2.91. The molecule has 0 saturated carbocycles. The van der Waals surface area contributed by atoms with Crippen molar-refractivity contribution in [1.29, 1.82) is 0 Å². The normalized spacial score (nSPS) is 36.3. The number of allylic oxidation sites excluding steroid dienone is 5. The van der Waals surface area contributed by atoms with Crippen LogP contribution in [0, 0.1) is 0 Å². The topological polar surface area (TPSA) is 6.48 Å². The van der Waals surface area contributed by atoms with Crippen molar-refractivity contribution in [3.05, 3.63) is 60.0 Å². The number of fused-ring (bicyclic) bond motifs is 3. The van der Waals surface area contributed by atoms with Gasteiger partial charge in [0.25, 0.3) is 0 Å². The van der Waals surface area contributed by atoms with Crippen LogP contribution < -0.4 is 0 Å². The molecule has 4 heterocycles. The Hall–Kier alpha value is -1.54. The fourth-order valence-electron chi connectivity index (χ4n) is 3.81. The molecule has 4 rings (SSSR count). The van der Waals surface area contributed by atoms with Crippen molar-refractivity contribution < 1.29 is 0 Å². The monoisotopic (exact) mass is 252 g/mol. The fourth-order valence-corrected chi connectivity index (χ4v) is 3.81. The summed E-state index contributed by atoms with van der Waals surface area (Å²) in [7, 11) is 2.28. The van der Waals surface area contributed by atoms with Crippen LogP contribution in [0.25, 0.3) is 0 Å². The van der Waals surface area contributed by atoms with Gasteiger partial charge in [0, 0.05) is 24.0 Å². The number of rotatable bonds is 1. The minimum absolute atomic E-state index is 0.429. The first-order valence-corrected chi connectivity index (χ1v) is 7.27. The summed E-state index contributed by atoms with van der Waals surface area (Å²) >= 11 is 0. The predicted octanol–water partition coefficient (Wildman–Crippen LogP) is 2.99. The average molecular weight is 252 g/mol. The van der Waals surface area contributed by atoms with Crippen LogP contribution in [0.4, 0.5) is 0 Å². The molecule has 4 aliphatic heterocycles. The van der Waals surface area contributed by atoms with E-state index in [4.69, 9.17) is 0 Å². The number of hydrogen-bond donors (Lipinski definition) is 0. The Morgan fingerprint density at radius 3 is 3.00 bits per heavy atom. The lowest BCUT2D eigenvalue weighted by Crippen LogP contribution is -2.40. The van der Waals surface area contributed by atoms with Crippen LogP contribution >= 0.6 is 0 Å². The van der Waals surface area contributed by atoms with Gasteiger partial charge in [0.15, 0.2) is 0 Å². The van der Waals surface area contributed by atoms with Gasteiger partial charge >= 0.3 is 0 Å². The Kier molecular flexibility index (Phi) is 2.52. The van der Waals surface area contributed by atoms with Crippen LogP contribution in [0.15, 0.2) is 60.0 Å². The maximum absolute atomic E-state index is 2.55. The first kappa shape index (κ1) is 11.3. The minimum atomic E-state index is 0.429. The van der Waals surface area contributed by atoms with Crippen LogP contribution in [-0.4, -0.2) is 35.0 Å². The van der Waals surface area contributed by atoms with Crippen molar-refractivity contribution in [2.24, 2.45) is 0 Å². The third-order valence-corrected chi connectivity index (χ3v) is 4.94. The van der Waals surface area contributed by atoms with Gasteiger partial charge in [-0.25, -0.2) is 0 Å². The van der Waals surface area contributed by atoms with E-state index < -0.39 is 0 Å². The van der Waals surface area contributed by atoms with Gasteiger partial charge < -0.3 is 4.90 Å². The summed E-state index contributed by atoms with van der Waals surface area (Å²) in [6, 6.07) is 1.86. The summed E-state index contributed by atoms with van der Waals surface area (Å²) in [6.07, 6.45) is 21.8. The van der Waals surface area contributed by atoms with Gasteiger partial charge in [0.2, 0.25) is 0 Å². The van der Waals surface area contributed by atoms with Gasteiger partial charge in [0.05, 0.1) is 6.04 Å². The van der Waals surface area contributed by atoms with Gasteiger partial charge in [-0.3, -0.25) is 4.90 Å². The second-order valence-corrected chi connectivity index (χ2v) is 5.94. The van der Waals surface area contributed by atoms with Gasteiger partial charge in [-0.1, -0.05) is 24.3 Å². The second-order valence-electron chi connectivity index (χ2n) is 5.94. The van der Waals surface area contributed by atoms with Gasteiger partial charge in [-0.15, -0.1) is 0 Å². The molecule has 19 heavy (non-hydrogen) atoms. The van der Waals surface area contributed by atoms with E-state index in [2.05, 4.69) is 65.6 Å². The Morgan fingerprint density at radius 2 is 2.11 bits per heavy atom. The third kappa shape index (κ3) is 1.74. The largest absolute Gasteiger partial charge is 0.337 e. The lowest BCUT2D eigenvalue weighted by Gasteiger charge is -2.39. The van der Waals surface area contributed by atoms with Crippen LogP contribution in [0.1, 0.15) is 19.3 Å². The third-order valence-electron chi connectivity index (χ3n) is 4.94. The molecule has 0 aromatic carbocycles. The van der Waals surface area contributed by atoms with E-state index in [1.54, 1.807) is 5.57 Å². The highest BCUT2D eigenvalue weighted by atomic mass is 15.2. The summed E-state index contributed by atoms with van der Waals surface area (Å²) in [5, 5.41) is 0. The molecule has 0 N–H and O–H groups in total. The summed E-state index contributed by atoms with van der Waals surface area (Å²) in [6.45, 7) is 0. The van der Waals surface area contributed by atoms with E-state index in [1.807, 2.05) is 0 Å². The highest BCUT2D eigenvalue weighted by Gasteiger charge is 2.36. The van der Waals surface area contributed by atoms with Crippen molar-refractivity contribution in [3.8, 4) is 0 Å². The molecule has 0 aromatic heterocycles. The van der Waals surface area contributed by atoms with Gasteiger partial charge in [0.1, 0.15) is 0 Å². The Morgan fingerprint density at radius 1 is 1.16 bits per heavy atom. The number of hydrogen-bond acceptors (Lipinski definition) is 2. The molecule has 2 nitrogen and oxygen atoms in total. The summed E-state index contributed by atoms with van der Waals surface area (Å²) in [4.78, 5) is 4.95. The average Bonchev–Trinajstić information content (AvgIpc) is 2.67. The number of nitrogens with zero attached hydrogens (tertiary/aromatic N) is 2. The summed E-state index contributed by atoms with van der Waals surface area (Å²) in [5.74, 6) is 0. The van der Waals surface area contributed by atoms with E-state index in [9.17, 15) is 0 Å². The predicted molar refractivity (Wildman–Crippen MR) is 78.4 cm³/mol. The van der Waals surface area contributed by atoms with Gasteiger partial charge in [-0.05, 0) is 50.1 Å². The van der Waals surface area contributed by atoms with Crippen molar-refractivity contribution in [3.63, 3.8) is 0 Å². The zero-order chi connectivity index (χ0) is 12.8. The molecule has 1 saturated heterocycles. The molecular formula is C17H20N2. The lowest BCUT2D eigenvalue weighted by atomic mass is 9.92. The zero-order valence-corrected chi connectivity index (χ0v) is 11.4. The molecule has 1 fully saturated rings. The first-order valence-electron chi connectivity index (χ1n) is 7.27. The molecule has 3 unspecified atom stereocenters. The molecule has 2 heteroatoms. The molecule has 0 aromatic rings. The van der Waals surface area contributed by atoms with Crippen LogP contribution in [0.3, 0.4) is 0 Å². The SMILES string of the molecule is CN1C2C=C(C3C=CC=C4C=CC=CN43)CC1CC2. The fraction of sp³-hybridized carbons (Fsp3) is 0.412. The van der Waals surface area contributed by atoms with E-state index >= 15 is 0 Å². The molecule has 0 amide bonds. The molecule has 0 spiro atoms. The van der Waals surface area contributed by atoms with E-state index in [-0.39, 0.29) is 0 Å². The van der Waals surface area contributed by atoms with Crippen LogP contribution in [0.5, 0.6) is 0 Å². The standard InChI is InChI=1S/C17H20N2/c1-18-15-8-9-16(18)12-13(11-15)17-7-4-6-14-5-2-3-10-19(14)17/h2-7,10-11,15-17H,8-9,12H2,1H3. The van der Waals surface area contributed by atoms with E-state index in [1.165, 1.54) is 25.0 Å². The Bertz CT molecular complexity index is 535. The molecule has 0 radical (unpaired) electrons. The molecule has 3 atom stereocenters. The van der Waals surface area contributed by atoms with E-state index in [0.29, 0.717) is 12.1 Å². The first-order chi connectivity index (χ1) is 9.33. The van der Waals surface area contributed by atoms with E-state index in [0.717, 1.165) is 6.04 Å². The van der Waals surface area contributed by atoms with Gasteiger partial charge in [-0.2, -0.15) is 0 Å². The van der Waals surface area contributed by atoms with Crippen molar-refractivity contribution in [1.82, 2.24) is 9.80 Å². The highest BCUT2D eigenvalue weighted by Crippen LogP contribution is 2.37. The maximum atomic E-state index is 2.55. The van der Waals surface area contributed by atoms with Crippen molar-refractivity contribution in [2.75, 3.05) is 7.05 Å². The smallest absolute Gasteiger partial charge is 0.0733 e. The highest BCUT2D eigenvalue weighted by molar-refractivity contribution is 5.40. The zero-order valence-electron chi connectivity index (χ0n) is 11.4. The second kappa shape index (κ2) is 4.24. The van der Waals surface area contributed by atoms with Crippen LogP contribution in [0.2, 0.25) is 0 Å². The van der Waals surface area contributed by atoms with Crippen LogP contribution in [-0.2, 0) is 0 Å². The number of likely N-dealkylation sites (N-methyl/N-ethyl adjacent to an activating group) is 1. The maximum Gasteiger partial charge on any atom is 0.0733 e. The Balaban J connectivity index is 1.65. The summed E-state index contributed by atoms with van der Waals surface area (Å²) < 4.78 is 0.